The number of ketones is 1. The monoisotopic (exact) mass is 523 g/mol. The fourth-order valence-corrected chi connectivity index (χ4v) is 6.09. The van der Waals surface area contributed by atoms with Gasteiger partial charge in [0.1, 0.15) is 5.54 Å². The molecule has 4 heteroatoms. The van der Waals surface area contributed by atoms with Crippen molar-refractivity contribution in [2.24, 2.45) is 5.92 Å². The van der Waals surface area contributed by atoms with E-state index in [9.17, 15) is 4.79 Å². The predicted octanol–water partition coefficient (Wildman–Crippen LogP) is 7.95. The van der Waals surface area contributed by atoms with Crippen LogP contribution in [-0.2, 0) is 10.3 Å². The molecule has 0 N–H and O–H groups in total. The van der Waals surface area contributed by atoms with Crippen LogP contribution >= 0.6 is 0 Å². The number of rotatable bonds is 8. The Kier molecular flexibility index (Phi) is 7.49. The van der Waals surface area contributed by atoms with Crippen molar-refractivity contribution in [3.8, 4) is 11.3 Å². The van der Waals surface area contributed by atoms with E-state index in [-0.39, 0.29) is 11.7 Å². The van der Waals surface area contributed by atoms with Gasteiger partial charge in [-0.3, -0.25) is 9.78 Å². The van der Waals surface area contributed by atoms with Crippen LogP contribution in [0.25, 0.3) is 17.3 Å². The van der Waals surface area contributed by atoms with E-state index in [1.165, 1.54) is 6.42 Å². The van der Waals surface area contributed by atoms with Crippen LogP contribution in [-0.4, -0.2) is 20.3 Å². The summed E-state index contributed by atoms with van der Waals surface area (Å²) >= 11 is 0. The molecule has 6 rings (SSSR count). The maximum atomic E-state index is 12.9. The van der Waals surface area contributed by atoms with Gasteiger partial charge in [-0.05, 0) is 47.2 Å². The molecule has 0 unspecified atom stereocenters. The van der Waals surface area contributed by atoms with E-state index in [2.05, 4.69) is 88.5 Å². The fourth-order valence-electron chi connectivity index (χ4n) is 6.09. The highest BCUT2D eigenvalue weighted by Gasteiger charge is 2.38. The van der Waals surface area contributed by atoms with Crippen LogP contribution in [0, 0.1) is 5.92 Å². The molecule has 0 atom stereocenters. The van der Waals surface area contributed by atoms with Crippen molar-refractivity contribution in [3.63, 3.8) is 0 Å². The highest BCUT2D eigenvalue weighted by atomic mass is 16.1. The molecule has 1 aliphatic carbocycles. The third kappa shape index (κ3) is 4.93. The summed E-state index contributed by atoms with van der Waals surface area (Å²) in [7, 11) is 0. The molecule has 2 heterocycles. The van der Waals surface area contributed by atoms with Gasteiger partial charge in [0.15, 0.2) is 5.78 Å². The van der Waals surface area contributed by atoms with Crippen LogP contribution in [0.4, 0.5) is 0 Å². The molecule has 0 saturated heterocycles. The van der Waals surface area contributed by atoms with Crippen LogP contribution in [0.5, 0.6) is 0 Å². The van der Waals surface area contributed by atoms with E-state index in [1.54, 1.807) is 12.3 Å². The second-order valence-corrected chi connectivity index (χ2v) is 10.5. The van der Waals surface area contributed by atoms with Crippen LogP contribution in [0.3, 0.4) is 0 Å². The number of hydrogen-bond donors (Lipinski definition) is 0. The Morgan fingerprint density at radius 2 is 1.35 bits per heavy atom. The normalized spacial score (nSPS) is 14.4. The molecule has 0 amide bonds. The molecular weight excluding hydrogens is 490 g/mol. The van der Waals surface area contributed by atoms with Gasteiger partial charge < -0.3 is 4.57 Å². The summed E-state index contributed by atoms with van der Waals surface area (Å²) in [5.74, 6) is 0.377. The third-order valence-corrected chi connectivity index (χ3v) is 8.11. The molecule has 1 saturated carbocycles. The summed E-state index contributed by atoms with van der Waals surface area (Å²) in [5, 5.41) is 0. The van der Waals surface area contributed by atoms with Gasteiger partial charge in [-0.15, -0.1) is 0 Å². The number of carbonyl (C=O) groups is 1. The molecule has 0 radical (unpaired) electrons. The van der Waals surface area contributed by atoms with Crippen molar-refractivity contribution < 1.29 is 4.79 Å². The van der Waals surface area contributed by atoms with Crippen molar-refractivity contribution in [2.45, 2.75) is 37.6 Å². The third-order valence-electron chi connectivity index (χ3n) is 8.11. The molecule has 4 nitrogen and oxygen atoms in total. The standard InChI is InChI=1S/C36H33N3O/c40-35(29-13-5-1-6-14-29)22-21-28-23-24-37-25-33(28)34-26-39(27-38-34)36(30-15-7-2-8-16-30,31-17-9-3-10-18-31)32-19-11-4-12-20-32/h2-4,7-12,15-27,29H,1,5-6,13-14H2. The first-order valence-electron chi connectivity index (χ1n) is 14.1. The molecule has 5 aromatic rings. The number of allylic oxidation sites excluding steroid dienone is 1. The molecular formula is C36H33N3O. The van der Waals surface area contributed by atoms with E-state index in [0.29, 0.717) is 0 Å². The van der Waals surface area contributed by atoms with E-state index < -0.39 is 5.54 Å². The lowest BCUT2D eigenvalue weighted by molar-refractivity contribution is -0.119. The Bertz CT molecular complexity index is 1490. The number of imidazole rings is 1. The van der Waals surface area contributed by atoms with Crippen molar-refractivity contribution in [1.82, 2.24) is 14.5 Å². The van der Waals surface area contributed by atoms with Crippen LogP contribution < -0.4 is 0 Å². The quantitative estimate of drug-likeness (QED) is 0.153. The van der Waals surface area contributed by atoms with Crippen LogP contribution in [0.15, 0.2) is 128 Å². The van der Waals surface area contributed by atoms with Gasteiger partial charge >= 0.3 is 0 Å². The predicted molar refractivity (Wildman–Crippen MR) is 161 cm³/mol. The average Bonchev–Trinajstić information content (AvgIpc) is 3.53. The zero-order valence-corrected chi connectivity index (χ0v) is 22.6. The van der Waals surface area contributed by atoms with Gasteiger partial charge in [-0.1, -0.05) is 116 Å². The number of carbonyl (C=O) groups excluding carboxylic acids is 1. The zero-order chi connectivity index (χ0) is 27.2. The first-order chi connectivity index (χ1) is 19.8. The van der Waals surface area contributed by atoms with E-state index in [1.807, 2.05) is 42.9 Å². The smallest absolute Gasteiger partial charge is 0.158 e. The molecule has 0 bridgehead atoms. The fraction of sp³-hybridized carbons (Fsp3) is 0.194. The van der Waals surface area contributed by atoms with Gasteiger partial charge in [0.2, 0.25) is 0 Å². The zero-order valence-electron chi connectivity index (χ0n) is 22.6. The molecule has 1 aliphatic rings. The van der Waals surface area contributed by atoms with Crippen molar-refractivity contribution in [1.29, 1.82) is 0 Å². The maximum Gasteiger partial charge on any atom is 0.158 e. The minimum Gasteiger partial charge on any atom is -0.318 e. The second-order valence-electron chi connectivity index (χ2n) is 10.5. The summed E-state index contributed by atoms with van der Waals surface area (Å²) in [4.78, 5) is 22.2. The topological polar surface area (TPSA) is 47.8 Å². The highest BCUT2D eigenvalue weighted by molar-refractivity contribution is 5.96. The highest BCUT2D eigenvalue weighted by Crippen LogP contribution is 2.41. The lowest BCUT2D eigenvalue weighted by Crippen LogP contribution is -2.36. The van der Waals surface area contributed by atoms with E-state index in [4.69, 9.17) is 4.98 Å². The Morgan fingerprint density at radius 1 is 0.775 bits per heavy atom. The Hall–Kier alpha value is -4.57. The largest absolute Gasteiger partial charge is 0.318 e. The van der Waals surface area contributed by atoms with Crippen molar-refractivity contribution in [2.75, 3.05) is 0 Å². The van der Waals surface area contributed by atoms with Gasteiger partial charge in [0.05, 0.1) is 12.0 Å². The minimum absolute atomic E-state index is 0.151. The Balaban J connectivity index is 1.46. The number of nitrogens with zero attached hydrogens (tertiary/aromatic N) is 3. The number of aromatic nitrogens is 3. The SMILES string of the molecule is O=C(C=Cc1ccncc1-c1cn(C(c2ccccc2)(c2ccccc2)c2ccccc2)cn1)C1CCCCC1. The summed E-state index contributed by atoms with van der Waals surface area (Å²) in [6.07, 6.45) is 16.8. The minimum atomic E-state index is -0.635. The second kappa shape index (κ2) is 11.7. The molecule has 3 aromatic carbocycles. The molecule has 1 fully saturated rings. The molecule has 2 aromatic heterocycles. The maximum absolute atomic E-state index is 12.9. The molecule has 0 spiro atoms. The van der Waals surface area contributed by atoms with E-state index in [0.717, 1.165) is 59.2 Å². The number of pyridine rings is 1. The lowest BCUT2D eigenvalue weighted by Gasteiger charge is -2.37. The Labute approximate surface area is 236 Å². The first-order valence-corrected chi connectivity index (χ1v) is 14.1. The van der Waals surface area contributed by atoms with Crippen molar-refractivity contribution in [3.05, 3.63) is 150 Å². The van der Waals surface area contributed by atoms with E-state index >= 15 is 0 Å². The molecule has 40 heavy (non-hydrogen) atoms. The molecule has 198 valence electrons. The average molecular weight is 524 g/mol. The van der Waals surface area contributed by atoms with Crippen LogP contribution in [0.2, 0.25) is 0 Å². The summed E-state index contributed by atoms with van der Waals surface area (Å²) in [6, 6.07) is 33.7. The van der Waals surface area contributed by atoms with Gasteiger partial charge in [0.25, 0.3) is 0 Å². The van der Waals surface area contributed by atoms with Gasteiger partial charge in [-0.2, -0.15) is 0 Å². The summed E-state index contributed by atoms with van der Waals surface area (Å²) in [6.45, 7) is 0. The van der Waals surface area contributed by atoms with Crippen molar-refractivity contribution >= 4 is 11.9 Å². The summed E-state index contributed by atoms with van der Waals surface area (Å²) < 4.78 is 2.20. The van der Waals surface area contributed by atoms with Crippen LogP contribution in [0.1, 0.15) is 54.4 Å². The summed E-state index contributed by atoms with van der Waals surface area (Å²) in [5.41, 5.74) is 5.43. The number of hydrogen-bond acceptors (Lipinski definition) is 3. The number of benzene rings is 3. The van der Waals surface area contributed by atoms with Gasteiger partial charge in [0, 0.05) is 30.1 Å². The lowest BCUT2D eigenvalue weighted by atomic mass is 9.77. The Morgan fingerprint density at radius 3 is 1.93 bits per heavy atom. The molecule has 0 aliphatic heterocycles. The van der Waals surface area contributed by atoms with Gasteiger partial charge in [-0.25, -0.2) is 4.98 Å². The first kappa shape index (κ1) is 25.7.